The largest absolute Gasteiger partial charge is 0.353 e. The van der Waals surface area contributed by atoms with Crippen LogP contribution in [0, 0.1) is 24.5 Å². The number of benzene rings is 2. The van der Waals surface area contributed by atoms with Gasteiger partial charge < -0.3 is 10.2 Å². The number of nitrogens with one attached hydrogen (secondary N) is 1. The van der Waals surface area contributed by atoms with Crippen molar-refractivity contribution >= 4 is 11.8 Å². The van der Waals surface area contributed by atoms with Crippen molar-refractivity contribution in [2.75, 3.05) is 13.1 Å². The normalized spacial score (nSPS) is 17.2. The number of aryl methyl sites for hydroxylation is 1. The summed E-state index contributed by atoms with van der Waals surface area (Å²) >= 11 is 0. The van der Waals surface area contributed by atoms with Gasteiger partial charge in [-0.25, -0.2) is 8.78 Å². The number of piperazine rings is 1. The van der Waals surface area contributed by atoms with Crippen LogP contribution in [-0.2, 0) is 4.79 Å². The molecule has 1 fully saturated rings. The summed E-state index contributed by atoms with van der Waals surface area (Å²) in [7, 11) is 0. The third-order valence-corrected chi connectivity index (χ3v) is 4.84. The summed E-state index contributed by atoms with van der Waals surface area (Å²) in [6, 6.07) is 7.82. The minimum absolute atomic E-state index is 0.0553. The minimum Gasteiger partial charge on any atom is -0.353 e. The van der Waals surface area contributed by atoms with Crippen molar-refractivity contribution in [3.05, 3.63) is 59.2 Å². The molecule has 1 aliphatic rings. The van der Waals surface area contributed by atoms with E-state index in [4.69, 9.17) is 0 Å². The number of rotatable bonds is 3. The molecule has 1 N–H and O–H groups in total. The molecule has 142 valence electrons. The van der Waals surface area contributed by atoms with E-state index in [0.717, 1.165) is 0 Å². The number of hydrogen-bond acceptors (Lipinski definition) is 2. The van der Waals surface area contributed by atoms with Crippen molar-refractivity contribution in [3.63, 3.8) is 0 Å². The number of nitrogens with zero attached hydrogens (tertiary/aromatic N) is 1. The standard InChI is InChI=1S/C21H22F2N2O2/c1-12(2)19-20(26)24-8-9-25(19)21(27)14-4-6-17(18(23)11-14)16-7-5-15(22)10-13(16)3/h4-7,10-12,19H,8-9H2,1-3H3,(H,24,26)/t19-/m1/s1. The molecule has 27 heavy (non-hydrogen) atoms. The molecule has 3 rings (SSSR count). The fraction of sp³-hybridized carbons (Fsp3) is 0.333. The molecule has 1 aliphatic heterocycles. The van der Waals surface area contributed by atoms with Gasteiger partial charge in [0.1, 0.15) is 17.7 Å². The molecule has 0 unspecified atom stereocenters. The highest BCUT2D eigenvalue weighted by atomic mass is 19.1. The van der Waals surface area contributed by atoms with Crippen LogP contribution >= 0.6 is 0 Å². The summed E-state index contributed by atoms with van der Waals surface area (Å²) in [4.78, 5) is 26.5. The maximum absolute atomic E-state index is 14.7. The molecule has 1 saturated heterocycles. The van der Waals surface area contributed by atoms with Gasteiger partial charge in [-0.05, 0) is 48.2 Å². The van der Waals surface area contributed by atoms with Gasteiger partial charge in [0, 0.05) is 24.2 Å². The Morgan fingerprint density at radius 2 is 1.85 bits per heavy atom. The number of halogens is 2. The van der Waals surface area contributed by atoms with E-state index in [0.29, 0.717) is 29.8 Å². The summed E-state index contributed by atoms with van der Waals surface area (Å²) < 4.78 is 28.0. The monoisotopic (exact) mass is 372 g/mol. The van der Waals surface area contributed by atoms with Gasteiger partial charge in [0.05, 0.1) is 0 Å². The van der Waals surface area contributed by atoms with E-state index in [-0.39, 0.29) is 29.1 Å². The molecule has 1 atom stereocenters. The van der Waals surface area contributed by atoms with Gasteiger partial charge >= 0.3 is 0 Å². The first-order chi connectivity index (χ1) is 12.8. The lowest BCUT2D eigenvalue weighted by Gasteiger charge is -2.37. The Hall–Kier alpha value is -2.76. The van der Waals surface area contributed by atoms with Gasteiger partial charge in [-0.3, -0.25) is 9.59 Å². The Balaban J connectivity index is 1.93. The average Bonchev–Trinajstić information content (AvgIpc) is 2.61. The fourth-order valence-electron chi connectivity index (χ4n) is 3.54. The van der Waals surface area contributed by atoms with Crippen molar-refractivity contribution in [3.8, 4) is 11.1 Å². The Kier molecular flexibility index (Phi) is 5.26. The van der Waals surface area contributed by atoms with Crippen LogP contribution in [0.5, 0.6) is 0 Å². The summed E-state index contributed by atoms with van der Waals surface area (Å²) in [5.41, 5.74) is 1.68. The Bertz CT molecular complexity index is 896. The Labute approximate surface area is 157 Å². The van der Waals surface area contributed by atoms with Crippen LogP contribution < -0.4 is 5.32 Å². The second kappa shape index (κ2) is 7.47. The van der Waals surface area contributed by atoms with Crippen molar-refractivity contribution in [2.24, 2.45) is 5.92 Å². The first kappa shape index (κ1) is 19.0. The lowest BCUT2D eigenvalue weighted by Crippen LogP contribution is -2.59. The first-order valence-electron chi connectivity index (χ1n) is 8.94. The molecule has 0 aromatic heterocycles. The highest BCUT2D eigenvalue weighted by molar-refractivity contribution is 5.98. The molecule has 0 aliphatic carbocycles. The summed E-state index contributed by atoms with van der Waals surface area (Å²) in [6.07, 6.45) is 0. The van der Waals surface area contributed by atoms with E-state index in [9.17, 15) is 18.4 Å². The van der Waals surface area contributed by atoms with Crippen LogP contribution in [0.4, 0.5) is 8.78 Å². The van der Waals surface area contributed by atoms with Crippen LogP contribution in [0.1, 0.15) is 29.8 Å². The number of amides is 2. The van der Waals surface area contributed by atoms with E-state index in [1.54, 1.807) is 13.0 Å². The quantitative estimate of drug-likeness (QED) is 0.896. The molecule has 0 radical (unpaired) electrons. The number of hydrogen-bond donors (Lipinski definition) is 1. The molecule has 0 saturated carbocycles. The Morgan fingerprint density at radius 1 is 1.15 bits per heavy atom. The zero-order chi connectivity index (χ0) is 19.7. The molecular formula is C21H22F2N2O2. The number of carbonyl (C=O) groups excluding carboxylic acids is 2. The topological polar surface area (TPSA) is 49.4 Å². The van der Waals surface area contributed by atoms with Crippen molar-refractivity contribution < 1.29 is 18.4 Å². The van der Waals surface area contributed by atoms with Gasteiger partial charge in [-0.15, -0.1) is 0 Å². The summed E-state index contributed by atoms with van der Waals surface area (Å²) in [5, 5.41) is 2.76. The molecular weight excluding hydrogens is 350 g/mol. The summed E-state index contributed by atoms with van der Waals surface area (Å²) in [5.74, 6) is -1.56. The van der Waals surface area contributed by atoms with Gasteiger partial charge in [0.15, 0.2) is 0 Å². The third-order valence-electron chi connectivity index (χ3n) is 4.84. The second-order valence-electron chi connectivity index (χ2n) is 7.13. The molecule has 6 heteroatoms. The smallest absolute Gasteiger partial charge is 0.254 e. The highest BCUT2D eigenvalue weighted by Gasteiger charge is 2.35. The van der Waals surface area contributed by atoms with Gasteiger partial charge in [-0.2, -0.15) is 0 Å². The van der Waals surface area contributed by atoms with Crippen molar-refractivity contribution in [1.82, 2.24) is 10.2 Å². The molecule has 2 aromatic rings. The van der Waals surface area contributed by atoms with E-state index < -0.39 is 11.9 Å². The van der Waals surface area contributed by atoms with E-state index >= 15 is 0 Å². The van der Waals surface area contributed by atoms with Crippen LogP contribution in [-0.4, -0.2) is 35.8 Å². The average molecular weight is 372 g/mol. The maximum atomic E-state index is 14.7. The van der Waals surface area contributed by atoms with Crippen molar-refractivity contribution in [1.29, 1.82) is 0 Å². The van der Waals surface area contributed by atoms with Gasteiger partial charge in [0.2, 0.25) is 5.91 Å². The molecule has 0 spiro atoms. The van der Waals surface area contributed by atoms with Crippen LogP contribution in [0.15, 0.2) is 36.4 Å². The van der Waals surface area contributed by atoms with Crippen LogP contribution in [0.25, 0.3) is 11.1 Å². The number of carbonyl (C=O) groups is 2. The molecule has 0 bridgehead atoms. The molecule has 2 aromatic carbocycles. The highest BCUT2D eigenvalue weighted by Crippen LogP contribution is 2.28. The summed E-state index contributed by atoms with van der Waals surface area (Å²) in [6.45, 7) is 6.21. The predicted octanol–water partition coefficient (Wildman–Crippen LogP) is 3.54. The van der Waals surface area contributed by atoms with Crippen LogP contribution in [0.3, 0.4) is 0 Å². The lowest BCUT2D eigenvalue weighted by molar-refractivity contribution is -0.129. The van der Waals surface area contributed by atoms with Crippen LogP contribution in [0.2, 0.25) is 0 Å². The zero-order valence-electron chi connectivity index (χ0n) is 15.6. The van der Waals surface area contributed by atoms with Crippen molar-refractivity contribution in [2.45, 2.75) is 26.8 Å². The molecule has 4 nitrogen and oxygen atoms in total. The maximum Gasteiger partial charge on any atom is 0.254 e. The van der Waals surface area contributed by atoms with E-state index in [1.807, 2.05) is 13.8 Å². The second-order valence-corrected chi connectivity index (χ2v) is 7.13. The first-order valence-corrected chi connectivity index (χ1v) is 8.94. The third kappa shape index (κ3) is 3.70. The lowest BCUT2D eigenvalue weighted by atomic mass is 9.96. The zero-order valence-corrected chi connectivity index (χ0v) is 15.6. The Morgan fingerprint density at radius 3 is 2.48 bits per heavy atom. The fourth-order valence-corrected chi connectivity index (χ4v) is 3.54. The molecule has 2 amide bonds. The molecule has 1 heterocycles. The minimum atomic E-state index is -0.576. The van der Waals surface area contributed by atoms with E-state index in [2.05, 4.69) is 5.32 Å². The van der Waals surface area contributed by atoms with E-state index in [1.165, 1.54) is 35.2 Å². The van der Waals surface area contributed by atoms with Gasteiger partial charge in [0.25, 0.3) is 5.91 Å². The van der Waals surface area contributed by atoms with Gasteiger partial charge in [-0.1, -0.05) is 26.0 Å². The SMILES string of the molecule is Cc1cc(F)ccc1-c1ccc(C(=O)N2CCNC(=O)[C@H]2C(C)C)cc1F. The predicted molar refractivity (Wildman–Crippen MR) is 99.2 cm³/mol.